The minimum Gasteiger partial charge on any atom is -0.382 e. The van der Waals surface area contributed by atoms with E-state index in [4.69, 9.17) is 5.73 Å². The molecule has 0 saturated heterocycles. The van der Waals surface area contributed by atoms with Crippen LogP contribution >= 0.6 is 0 Å². The Kier molecular flexibility index (Phi) is 2.45. The minimum absolute atomic E-state index is 0.417. The summed E-state index contributed by atoms with van der Waals surface area (Å²) in [5, 5.41) is 14.5. The first-order valence-electron chi connectivity index (χ1n) is 5.38. The first kappa shape index (κ1) is 10.4. The molecule has 0 saturated carbocycles. The molecule has 3 aromatic heterocycles. The lowest BCUT2D eigenvalue weighted by atomic mass is 10.1. The molecule has 18 heavy (non-hydrogen) atoms. The number of aromatic nitrogens is 5. The zero-order valence-electron chi connectivity index (χ0n) is 9.41. The molecule has 3 aromatic rings. The van der Waals surface area contributed by atoms with Crippen LogP contribution in [-0.2, 0) is 0 Å². The average Bonchev–Trinajstić information content (AvgIpc) is 2.83. The van der Waals surface area contributed by atoms with Crippen LogP contribution in [0, 0.1) is 0 Å². The molecule has 0 fully saturated rings. The molecule has 3 N–H and O–H groups in total. The van der Waals surface area contributed by atoms with Crippen molar-refractivity contribution < 1.29 is 0 Å². The molecule has 0 aliphatic rings. The smallest absolute Gasteiger partial charge is 0.155 e. The Morgan fingerprint density at radius 2 is 2.00 bits per heavy atom. The predicted molar refractivity (Wildman–Crippen MR) is 67.3 cm³/mol. The lowest BCUT2D eigenvalue weighted by Crippen LogP contribution is -1.91. The van der Waals surface area contributed by atoms with Crippen LogP contribution in [0.3, 0.4) is 0 Å². The summed E-state index contributed by atoms with van der Waals surface area (Å²) in [4.78, 5) is 4.29. The van der Waals surface area contributed by atoms with Gasteiger partial charge in [0.1, 0.15) is 0 Å². The molecule has 3 heterocycles. The van der Waals surface area contributed by atoms with E-state index in [0.29, 0.717) is 5.82 Å². The highest BCUT2D eigenvalue weighted by molar-refractivity contribution is 5.85. The number of hydrogen-bond acceptors (Lipinski definition) is 5. The lowest BCUT2D eigenvalue weighted by Gasteiger charge is -2.02. The molecule has 0 spiro atoms. The molecular weight excluding hydrogens is 228 g/mol. The van der Waals surface area contributed by atoms with Crippen LogP contribution in [0.25, 0.3) is 22.5 Å². The molecule has 0 aromatic carbocycles. The highest BCUT2D eigenvalue weighted by atomic mass is 15.2. The van der Waals surface area contributed by atoms with E-state index in [9.17, 15) is 0 Å². The van der Waals surface area contributed by atoms with Crippen molar-refractivity contribution in [1.29, 1.82) is 0 Å². The minimum atomic E-state index is 0.417. The fraction of sp³-hybridized carbons (Fsp3) is 0. The zero-order valence-corrected chi connectivity index (χ0v) is 9.41. The van der Waals surface area contributed by atoms with Crippen molar-refractivity contribution in [3.05, 3.63) is 42.9 Å². The summed E-state index contributed by atoms with van der Waals surface area (Å²) in [6.45, 7) is 0. The Morgan fingerprint density at radius 1 is 1.06 bits per heavy atom. The summed E-state index contributed by atoms with van der Waals surface area (Å²) in [5.41, 5.74) is 9.11. The first-order chi connectivity index (χ1) is 8.86. The SMILES string of the molecule is Nc1n[nH]c(-c2ccnnc2)c1-c1ccccn1. The van der Waals surface area contributed by atoms with Crippen molar-refractivity contribution in [3.8, 4) is 22.5 Å². The maximum absolute atomic E-state index is 5.89. The van der Waals surface area contributed by atoms with E-state index in [1.165, 1.54) is 0 Å². The summed E-state index contributed by atoms with van der Waals surface area (Å²) in [7, 11) is 0. The molecule has 0 atom stereocenters. The van der Waals surface area contributed by atoms with E-state index in [2.05, 4.69) is 25.4 Å². The van der Waals surface area contributed by atoms with Gasteiger partial charge in [0.05, 0.1) is 29.3 Å². The van der Waals surface area contributed by atoms with Gasteiger partial charge in [-0.3, -0.25) is 10.1 Å². The second-order valence-electron chi connectivity index (χ2n) is 3.70. The fourth-order valence-electron chi connectivity index (χ4n) is 1.77. The number of rotatable bonds is 2. The predicted octanol–water partition coefficient (Wildman–Crippen LogP) is 1.51. The van der Waals surface area contributed by atoms with Gasteiger partial charge in [0, 0.05) is 11.8 Å². The van der Waals surface area contributed by atoms with Crippen LogP contribution in [0.15, 0.2) is 42.9 Å². The lowest BCUT2D eigenvalue weighted by molar-refractivity contribution is 1.03. The third-order valence-corrected chi connectivity index (χ3v) is 2.59. The number of aromatic amines is 1. The molecule has 0 amide bonds. The number of nitrogens with zero attached hydrogens (tertiary/aromatic N) is 4. The van der Waals surface area contributed by atoms with Crippen molar-refractivity contribution in [2.24, 2.45) is 0 Å². The third kappa shape index (κ3) is 1.69. The molecule has 88 valence electrons. The van der Waals surface area contributed by atoms with E-state index < -0.39 is 0 Å². The molecule has 0 bridgehead atoms. The van der Waals surface area contributed by atoms with Gasteiger partial charge in [-0.15, -0.1) is 0 Å². The van der Waals surface area contributed by atoms with Gasteiger partial charge in [0.25, 0.3) is 0 Å². The second-order valence-corrected chi connectivity index (χ2v) is 3.70. The van der Waals surface area contributed by atoms with Gasteiger partial charge in [0.2, 0.25) is 0 Å². The van der Waals surface area contributed by atoms with Crippen molar-refractivity contribution in [2.45, 2.75) is 0 Å². The number of anilines is 1. The molecule has 0 aliphatic heterocycles. The Labute approximate surface area is 103 Å². The van der Waals surface area contributed by atoms with Crippen molar-refractivity contribution in [1.82, 2.24) is 25.4 Å². The normalized spacial score (nSPS) is 10.4. The highest BCUT2D eigenvalue weighted by Gasteiger charge is 2.15. The number of H-pyrrole nitrogens is 1. The van der Waals surface area contributed by atoms with Gasteiger partial charge >= 0.3 is 0 Å². The summed E-state index contributed by atoms with van der Waals surface area (Å²) in [5.74, 6) is 0.417. The van der Waals surface area contributed by atoms with Gasteiger partial charge in [-0.05, 0) is 18.2 Å². The fourth-order valence-corrected chi connectivity index (χ4v) is 1.77. The van der Waals surface area contributed by atoms with Gasteiger partial charge < -0.3 is 5.73 Å². The highest BCUT2D eigenvalue weighted by Crippen LogP contribution is 2.32. The van der Waals surface area contributed by atoms with Gasteiger partial charge in [-0.2, -0.15) is 15.3 Å². The molecule has 6 nitrogen and oxygen atoms in total. The van der Waals surface area contributed by atoms with Crippen molar-refractivity contribution >= 4 is 5.82 Å². The van der Waals surface area contributed by atoms with Crippen molar-refractivity contribution in [2.75, 3.05) is 5.73 Å². The van der Waals surface area contributed by atoms with Crippen LogP contribution < -0.4 is 5.73 Å². The maximum Gasteiger partial charge on any atom is 0.155 e. The quantitative estimate of drug-likeness (QED) is 0.705. The van der Waals surface area contributed by atoms with E-state index in [-0.39, 0.29) is 0 Å². The molecule has 0 unspecified atom stereocenters. The Bertz CT molecular complexity index is 647. The Balaban J connectivity index is 2.19. The van der Waals surface area contributed by atoms with Crippen LogP contribution in [0.4, 0.5) is 5.82 Å². The summed E-state index contributed by atoms with van der Waals surface area (Å²) >= 11 is 0. The molecule has 0 aliphatic carbocycles. The summed E-state index contributed by atoms with van der Waals surface area (Å²) in [6.07, 6.45) is 4.99. The van der Waals surface area contributed by atoms with Crippen molar-refractivity contribution in [3.63, 3.8) is 0 Å². The number of nitrogen functional groups attached to an aromatic ring is 1. The van der Waals surface area contributed by atoms with E-state index >= 15 is 0 Å². The van der Waals surface area contributed by atoms with Gasteiger partial charge in [-0.25, -0.2) is 0 Å². The standard InChI is InChI=1S/C12H10N6/c13-12-10(9-3-1-2-5-14-9)11(17-18-12)8-4-6-15-16-7-8/h1-7H,(H3,13,17,18). The maximum atomic E-state index is 5.89. The van der Waals surface area contributed by atoms with Crippen LogP contribution in [0.2, 0.25) is 0 Å². The Morgan fingerprint density at radius 3 is 2.72 bits per heavy atom. The third-order valence-electron chi connectivity index (χ3n) is 2.59. The topological polar surface area (TPSA) is 93.4 Å². The van der Waals surface area contributed by atoms with E-state index in [1.807, 2.05) is 24.3 Å². The number of nitrogens with two attached hydrogens (primary N) is 1. The van der Waals surface area contributed by atoms with E-state index in [1.54, 1.807) is 18.6 Å². The zero-order chi connectivity index (χ0) is 12.4. The number of pyridine rings is 1. The van der Waals surface area contributed by atoms with Crippen LogP contribution in [0.1, 0.15) is 0 Å². The largest absolute Gasteiger partial charge is 0.382 e. The monoisotopic (exact) mass is 238 g/mol. The first-order valence-corrected chi connectivity index (χ1v) is 5.38. The van der Waals surface area contributed by atoms with E-state index in [0.717, 1.165) is 22.5 Å². The summed E-state index contributed by atoms with van der Waals surface area (Å²) < 4.78 is 0. The molecular formula is C12H10N6. The Hall–Kier alpha value is -2.76. The number of nitrogens with one attached hydrogen (secondary N) is 1. The average molecular weight is 238 g/mol. The number of hydrogen-bond donors (Lipinski definition) is 2. The molecule has 0 radical (unpaired) electrons. The second kappa shape index (κ2) is 4.25. The van der Waals surface area contributed by atoms with Crippen LogP contribution in [0.5, 0.6) is 0 Å². The molecule has 3 rings (SSSR count). The molecule has 6 heteroatoms. The van der Waals surface area contributed by atoms with Crippen LogP contribution in [-0.4, -0.2) is 25.4 Å². The van der Waals surface area contributed by atoms with Gasteiger partial charge in [0.15, 0.2) is 5.82 Å². The summed E-state index contributed by atoms with van der Waals surface area (Å²) in [6, 6.07) is 7.49. The van der Waals surface area contributed by atoms with Gasteiger partial charge in [-0.1, -0.05) is 6.07 Å².